The lowest BCUT2D eigenvalue weighted by atomic mass is 10.0. The number of halogens is 1. The van der Waals surface area contributed by atoms with E-state index in [2.05, 4.69) is 51.7 Å². The lowest BCUT2D eigenvalue weighted by Gasteiger charge is -2.27. The normalized spacial score (nSPS) is 16.4. The van der Waals surface area contributed by atoms with Crippen molar-refractivity contribution in [1.82, 2.24) is 5.32 Å². The zero-order chi connectivity index (χ0) is 9.97. The van der Waals surface area contributed by atoms with Gasteiger partial charge < -0.3 is 10.6 Å². The zero-order valence-electron chi connectivity index (χ0n) is 8.31. The fourth-order valence-electron chi connectivity index (χ4n) is 1.51. The smallest absolute Gasteiger partial charge is 0.0484 e. The summed E-state index contributed by atoms with van der Waals surface area (Å²) in [5, 5.41) is 6.72. The quantitative estimate of drug-likeness (QED) is 0.866. The van der Waals surface area contributed by atoms with E-state index in [4.69, 9.17) is 0 Å². The molecule has 2 nitrogen and oxygen atoms in total. The standard InChI is InChI=1S/C11H15BrN2/c1-8-2-3-11(10(12)4-8)14-7-9-5-13-6-9/h2-4,9,13-14H,5-7H2,1H3. The Kier molecular flexibility index (Phi) is 3.08. The second kappa shape index (κ2) is 4.32. The summed E-state index contributed by atoms with van der Waals surface area (Å²) in [5.74, 6) is 0.795. The third kappa shape index (κ3) is 2.28. The molecule has 14 heavy (non-hydrogen) atoms. The lowest BCUT2D eigenvalue weighted by molar-refractivity contribution is 0.365. The second-order valence-corrected chi connectivity index (χ2v) is 4.74. The zero-order valence-corrected chi connectivity index (χ0v) is 9.89. The van der Waals surface area contributed by atoms with Crippen LogP contribution in [-0.4, -0.2) is 19.6 Å². The molecule has 1 saturated heterocycles. The summed E-state index contributed by atoms with van der Waals surface area (Å²) in [6.07, 6.45) is 0. The van der Waals surface area contributed by atoms with Gasteiger partial charge in [-0.3, -0.25) is 0 Å². The van der Waals surface area contributed by atoms with E-state index >= 15 is 0 Å². The molecular weight excluding hydrogens is 240 g/mol. The molecular formula is C11H15BrN2. The predicted octanol–water partition coefficient (Wildman–Crippen LogP) is 2.39. The number of benzene rings is 1. The van der Waals surface area contributed by atoms with Crippen LogP contribution in [0.4, 0.5) is 5.69 Å². The maximum Gasteiger partial charge on any atom is 0.0484 e. The van der Waals surface area contributed by atoms with Crippen molar-refractivity contribution in [3.05, 3.63) is 28.2 Å². The fourth-order valence-corrected chi connectivity index (χ4v) is 2.14. The largest absolute Gasteiger partial charge is 0.384 e. The summed E-state index contributed by atoms with van der Waals surface area (Å²) in [6.45, 7) is 5.46. The van der Waals surface area contributed by atoms with Gasteiger partial charge in [0.05, 0.1) is 0 Å². The molecule has 0 unspecified atom stereocenters. The van der Waals surface area contributed by atoms with Gasteiger partial charge in [0.15, 0.2) is 0 Å². The molecule has 0 bridgehead atoms. The van der Waals surface area contributed by atoms with E-state index in [0.29, 0.717) is 0 Å². The van der Waals surface area contributed by atoms with Gasteiger partial charge in [-0.15, -0.1) is 0 Å². The number of rotatable bonds is 3. The first-order valence-corrected chi connectivity index (χ1v) is 5.76. The highest BCUT2D eigenvalue weighted by Gasteiger charge is 2.16. The minimum absolute atomic E-state index is 0.795. The Morgan fingerprint density at radius 2 is 2.29 bits per heavy atom. The maximum absolute atomic E-state index is 3.56. The number of hydrogen-bond acceptors (Lipinski definition) is 2. The number of aryl methyl sites for hydroxylation is 1. The molecule has 2 rings (SSSR count). The van der Waals surface area contributed by atoms with Crippen molar-refractivity contribution in [3.63, 3.8) is 0 Å². The van der Waals surface area contributed by atoms with Crippen LogP contribution in [0.3, 0.4) is 0 Å². The predicted molar refractivity (Wildman–Crippen MR) is 63.7 cm³/mol. The average molecular weight is 255 g/mol. The molecule has 0 aliphatic carbocycles. The van der Waals surface area contributed by atoms with Crippen molar-refractivity contribution in [2.45, 2.75) is 6.92 Å². The fraction of sp³-hybridized carbons (Fsp3) is 0.455. The third-order valence-electron chi connectivity index (χ3n) is 2.57. The average Bonchev–Trinajstić information content (AvgIpc) is 2.05. The number of anilines is 1. The van der Waals surface area contributed by atoms with Gasteiger partial charge in [0, 0.05) is 35.7 Å². The molecule has 2 N–H and O–H groups in total. The van der Waals surface area contributed by atoms with E-state index in [-0.39, 0.29) is 0 Å². The van der Waals surface area contributed by atoms with Crippen LogP contribution in [0, 0.1) is 12.8 Å². The molecule has 1 aromatic rings. The molecule has 0 atom stereocenters. The van der Waals surface area contributed by atoms with Crippen molar-refractivity contribution in [3.8, 4) is 0 Å². The Morgan fingerprint density at radius 1 is 1.50 bits per heavy atom. The minimum atomic E-state index is 0.795. The number of hydrogen-bond donors (Lipinski definition) is 2. The van der Waals surface area contributed by atoms with Crippen molar-refractivity contribution < 1.29 is 0 Å². The monoisotopic (exact) mass is 254 g/mol. The third-order valence-corrected chi connectivity index (χ3v) is 3.23. The van der Waals surface area contributed by atoms with Crippen LogP contribution in [-0.2, 0) is 0 Å². The minimum Gasteiger partial charge on any atom is -0.384 e. The molecule has 1 aromatic carbocycles. The van der Waals surface area contributed by atoms with Gasteiger partial charge in [-0.2, -0.15) is 0 Å². The van der Waals surface area contributed by atoms with Gasteiger partial charge in [0.1, 0.15) is 0 Å². The highest BCUT2D eigenvalue weighted by Crippen LogP contribution is 2.23. The van der Waals surface area contributed by atoms with Crippen molar-refractivity contribution in [1.29, 1.82) is 0 Å². The van der Waals surface area contributed by atoms with Crippen molar-refractivity contribution in [2.24, 2.45) is 5.92 Å². The lowest BCUT2D eigenvalue weighted by Crippen LogP contribution is -2.45. The van der Waals surface area contributed by atoms with Gasteiger partial charge in [-0.25, -0.2) is 0 Å². The Morgan fingerprint density at radius 3 is 2.86 bits per heavy atom. The van der Waals surface area contributed by atoms with Gasteiger partial charge >= 0.3 is 0 Å². The Bertz CT molecular complexity index is 321. The van der Waals surface area contributed by atoms with Crippen molar-refractivity contribution in [2.75, 3.05) is 25.0 Å². The molecule has 0 aromatic heterocycles. The van der Waals surface area contributed by atoms with E-state index in [0.717, 1.165) is 30.0 Å². The van der Waals surface area contributed by atoms with Gasteiger partial charge in [-0.05, 0) is 40.5 Å². The molecule has 1 aliphatic rings. The molecule has 1 aliphatic heterocycles. The maximum atomic E-state index is 3.56. The summed E-state index contributed by atoms with van der Waals surface area (Å²) >= 11 is 3.56. The van der Waals surface area contributed by atoms with Crippen LogP contribution in [0.15, 0.2) is 22.7 Å². The van der Waals surface area contributed by atoms with Crippen LogP contribution < -0.4 is 10.6 Å². The highest BCUT2D eigenvalue weighted by atomic mass is 79.9. The molecule has 1 heterocycles. The van der Waals surface area contributed by atoms with Crippen LogP contribution >= 0.6 is 15.9 Å². The van der Waals surface area contributed by atoms with E-state index in [1.807, 2.05) is 0 Å². The first-order chi connectivity index (χ1) is 6.75. The van der Waals surface area contributed by atoms with Crippen LogP contribution in [0.2, 0.25) is 0 Å². The van der Waals surface area contributed by atoms with Crippen molar-refractivity contribution >= 4 is 21.6 Å². The van der Waals surface area contributed by atoms with E-state index in [1.54, 1.807) is 0 Å². The Hall–Kier alpha value is -0.540. The summed E-state index contributed by atoms with van der Waals surface area (Å²) in [6, 6.07) is 6.40. The van der Waals surface area contributed by atoms with Crippen LogP contribution in [0.5, 0.6) is 0 Å². The molecule has 0 radical (unpaired) electrons. The SMILES string of the molecule is Cc1ccc(NCC2CNC2)c(Br)c1. The second-order valence-electron chi connectivity index (χ2n) is 3.89. The van der Waals surface area contributed by atoms with Crippen LogP contribution in [0.25, 0.3) is 0 Å². The van der Waals surface area contributed by atoms with Gasteiger partial charge in [0.2, 0.25) is 0 Å². The Labute approximate surface area is 93.2 Å². The van der Waals surface area contributed by atoms with E-state index < -0.39 is 0 Å². The number of nitrogens with one attached hydrogen (secondary N) is 2. The molecule has 1 fully saturated rings. The van der Waals surface area contributed by atoms with Crippen LogP contribution in [0.1, 0.15) is 5.56 Å². The summed E-state index contributed by atoms with van der Waals surface area (Å²) in [5.41, 5.74) is 2.48. The summed E-state index contributed by atoms with van der Waals surface area (Å²) < 4.78 is 1.16. The molecule has 0 spiro atoms. The van der Waals surface area contributed by atoms with E-state index in [9.17, 15) is 0 Å². The topological polar surface area (TPSA) is 24.1 Å². The molecule has 76 valence electrons. The summed E-state index contributed by atoms with van der Waals surface area (Å²) in [4.78, 5) is 0. The highest BCUT2D eigenvalue weighted by molar-refractivity contribution is 9.10. The molecule has 0 saturated carbocycles. The van der Waals surface area contributed by atoms with E-state index in [1.165, 1.54) is 11.3 Å². The summed E-state index contributed by atoms with van der Waals surface area (Å²) in [7, 11) is 0. The molecule has 3 heteroatoms. The first kappa shape index (κ1) is 9.99. The Balaban J connectivity index is 1.94. The van der Waals surface area contributed by atoms with Gasteiger partial charge in [-0.1, -0.05) is 6.07 Å². The molecule has 0 amide bonds. The first-order valence-electron chi connectivity index (χ1n) is 4.96. The van der Waals surface area contributed by atoms with Gasteiger partial charge in [0.25, 0.3) is 0 Å².